The Morgan fingerprint density at radius 2 is 2.11 bits per heavy atom. The number of likely N-dealkylation sites (tertiary alicyclic amines) is 1. The minimum Gasteiger partial charge on any atom is -0.396 e. The van der Waals surface area contributed by atoms with E-state index in [9.17, 15) is 4.79 Å². The van der Waals surface area contributed by atoms with Gasteiger partial charge in [0.25, 0.3) is 0 Å². The van der Waals surface area contributed by atoms with Gasteiger partial charge in [-0.15, -0.1) is 0 Å². The molecule has 1 aromatic rings. The lowest BCUT2D eigenvalue weighted by Crippen LogP contribution is -2.22. The molecule has 1 aliphatic rings. The topological polar surface area (TPSA) is 40.5 Å². The number of benzene rings is 1. The fraction of sp³-hybridized carbons (Fsp3) is 0.562. The van der Waals surface area contributed by atoms with E-state index in [-0.39, 0.29) is 5.78 Å². The van der Waals surface area contributed by atoms with Gasteiger partial charge in [-0.25, -0.2) is 0 Å². The number of hydrogen-bond acceptors (Lipinski definition) is 3. The highest BCUT2D eigenvalue weighted by atomic mass is 16.3. The van der Waals surface area contributed by atoms with E-state index in [0.29, 0.717) is 18.9 Å². The van der Waals surface area contributed by atoms with Crippen LogP contribution in [0.2, 0.25) is 0 Å². The third kappa shape index (κ3) is 4.44. The van der Waals surface area contributed by atoms with E-state index in [1.54, 1.807) is 0 Å². The molecular formula is C16H23NO2. The molecule has 19 heavy (non-hydrogen) atoms. The number of aliphatic hydroxyl groups excluding tert-OH is 1. The van der Waals surface area contributed by atoms with Gasteiger partial charge >= 0.3 is 0 Å². The van der Waals surface area contributed by atoms with Gasteiger partial charge in [0.05, 0.1) is 0 Å². The normalized spacial score (nSPS) is 19.7. The molecule has 0 spiro atoms. The first-order valence-corrected chi connectivity index (χ1v) is 7.21. The number of aliphatic hydroxyl groups is 1. The lowest BCUT2D eigenvalue weighted by atomic mass is 10.1. The van der Waals surface area contributed by atoms with Crippen molar-refractivity contribution in [3.05, 3.63) is 35.9 Å². The summed E-state index contributed by atoms with van der Waals surface area (Å²) < 4.78 is 0. The van der Waals surface area contributed by atoms with Crippen LogP contribution in [0.1, 0.15) is 36.0 Å². The highest BCUT2D eigenvalue weighted by Crippen LogP contribution is 2.19. The lowest BCUT2D eigenvalue weighted by Gasteiger charge is -2.15. The van der Waals surface area contributed by atoms with E-state index in [1.807, 2.05) is 30.3 Å². The van der Waals surface area contributed by atoms with Gasteiger partial charge in [0.15, 0.2) is 5.78 Å². The molecule has 0 amide bonds. The van der Waals surface area contributed by atoms with Gasteiger partial charge in [-0.1, -0.05) is 30.3 Å². The molecule has 0 saturated carbocycles. The van der Waals surface area contributed by atoms with E-state index >= 15 is 0 Å². The van der Waals surface area contributed by atoms with Crippen LogP contribution in [0.15, 0.2) is 30.3 Å². The Labute approximate surface area is 115 Å². The summed E-state index contributed by atoms with van der Waals surface area (Å²) in [6, 6.07) is 9.52. The Morgan fingerprint density at radius 3 is 2.84 bits per heavy atom. The molecule has 0 aliphatic carbocycles. The van der Waals surface area contributed by atoms with E-state index in [2.05, 4.69) is 4.90 Å². The maximum Gasteiger partial charge on any atom is 0.162 e. The molecular weight excluding hydrogens is 238 g/mol. The zero-order valence-corrected chi connectivity index (χ0v) is 11.4. The molecule has 1 heterocycles. The Bertz CT molecular complexity index is 391. The molecule has 104 valence electrons. The van der Waals surface area contributed by atoms with Crippen molar-refractivity contribution in [3.8, 4) is 0 Å². The molecule has 3 heteroatoms. The Balaban J connectivity index is 1.66. The van der Waals surface area contributed by atoms with Crippen molar-refractivity contribution in [1.29, 1.82) is 0 Å². The first-order valence-electron chi connectivity index (χ1n) is 7.21. The molecule has 1 fully saturated rings. The van der Waals surface area contributed by atoms with Crippen LogP contribution in [0.4, 0.5) is 0 Å². The van der Waals surface area contributed by atoms with Crippen LogP contribution in [0.5, 0.6) is 0 Å². The van der Waals surface area contributed by atoms with E-state index in [1.165, 1.54) is 6.42 Å². The molecule has 0 bridgehead atoms. The molecule has 3 nitrogen and oxygen atoms in total. The summed E-state index contributed by atoms with van der Waals surface area (Å²) in [6.07, 6.45) is 3.66. The summed E-state index contributed by atoms with van der Waals surface area (Å²) in [6.45, 7) is 3.50. The van der Waals surface area contributed by atoms with Gasteiger partial charge in [-0.2, -0.15) is 0 Å². The fourth-order valence-corrected chi connectivity index (χ4v) is 2.77. The summed E-state index contributed by atoms with van der Waals surface area (Å²) in [5, 5.41) is 8.92. The predicted octanol–water partition coefficient (Wildman–Crippen LogP) is 2.35. The van der Waals surface area contributed by atoms with Crippen LogP contribution in [0.25, 0.3) is 0 Å². The van der Waals surface area contributed by atoms with Crippen LogP contribution in [-0.2, 0) is 0 Å². The highest BCUT2D eigenvalue weighted by molar-refractivity contribution is 5.95. The number of rotatable bonds is 7. The number of Topliss-reactive ketones (excluding diaryl/α,β-unsaturated/α-hetero) is 1. The zero-order chi connectivity index (χ0) is 13.5. The molecule has 2 rings (SSSR count). The third-order valence-electron chi connectivity index (χ3n) is 3.88. The maximum atomic E-state index is 11.9. The average molecular weight is 261 g/mol. The molecule has 1 atom stereocenters. The second-order valence-electron chi connectivity index (χ2n) is 5.36. The smallest absolute Gasteiger partial charge is 0.162 e. The number of ketones is 1. The van der Waals surface area contributed by atoms with Crippen LogP contribution >= 0.6 is 0 Å². The molecule has 1 unspecified atom stereocenters. The molecule has 1 aliphatic heterocycles. The number of carbonyl (C=O) groups excluding carboxylic acids is 1. The van der Waals surface area contributed by atoms with Crippen molar-refractivity contribution < 1.29 is 9.90 Å². The quantitative estimate of drug-likeness (QED) is 0.766. The van der Waals surface area contributed by atoms with Crippen LogP contribution in [-0.4, -0.2) is 42.0 Å². The Hall–Kier alpha value is -1.19. The van der Waals surface area contributed by atoms with Crippen molar-refractivity contribution in [2.75, 3.05) is 26.2 Å². The predicted molar refractivity (Wildman–Crippen MR) is 76.3 cm³/mol. The second-order valence-corrected chi connectivity index (χ2v) is 5.36. The maximum absolute atomic E-state index is 11.9. The number of hydrogen-bond donors (Lipinski definition) is 1. The third-order valence-corrected chi connectivity index (χ3v) is 3.88. The second kappa shape index (κ2) is 7.41. The van der Waals surface area contributed by atoms with Gasteiger partial charge in [0.1, 0.15) is 0 Å². The minimum absolute atomic E-state index is 0.242. The standard InChI is InChI=1S/C16H23NO2/c18-12-9-14-8-11-17(13-14)10-4-7-16(19)15-5-2-1-3-6-15/h1-3,5-6,14,18H,4,7-13H2. The van der Waals surface area contributed by atoms with Crippen LogP contribution in [0, 0.1) is 5.92 Å². The summed E-state index contributed by atoms with van der Waals surface area (Å²) in [7, 11) is 0. The van der Waals surface area contributed by atoms with Crippen LogP contribution in [0.3, 0.4) is 0 Å². The molecule has 0 aromatic heterocycles. The van der Waals surface area contributed by atoms with Crippen molar-refractivity contribution in [3.63, 3.8) is 0 Å². The molecule has 1 saturated heterocycles. The van der Waals surface area contributed by atoms with Gasteiger partial charge in [-0.05, 0) is 38.3 Å². The van der Waals surface area contributed by atoms with Crippen molar-refractivity contribution in [2.24, 2.45) is 5.92 Å². The first-order chi connectivity index (χ1) is 9.29. The summed E-state index contributed by atoms with van der Waals surface area (Å²) in [5.74, 6) is 0.890. The SMILES string of the molecule is O=C(CCCN1CCC(CCO)C1)c1ccccc1. The largest absolute Gasteiger partial charge is 0.396 e. The van der Waals surface area contributed by atoms with Gasteiger partial charge in [0.2, 0.25) is 0 Å². The summed E-state index contributed by atoms with van der Waals surface area (Å²) >= 11 is 0. The fourth-order valence-electron chi connectivity index (χ4n) is 2.77. The summed E-state index contributed by atoms with van der Waals surface area (Å²) in [4.78, 5) is 14.3. The average Bonchev–Trinajstić information content (AvgIpc) is 2.88. The monoisotopic (exact) mass is 261 g/mol. The number of nitrogens with zero attached hydrogens (tertiary/aromatic N) is 1. The first kappa shape index (κ1) is 14.2. The number of carbonyl (C=O) groups is 1. The van der Waals surface area contributed by atoms with Crippen molar-refractivity contribution in [2.45, 2.75) is 25.7 Å². The molecule has 1 N–H and O–H groups in total. The zero-order valence-electron chi connectivity index (χ0n) is 11.4. The lowest BCUT2D eigenvalue weighted by molar-refractivity contribution is 0.0976. The van der Waals surface area contributed by atoms with Crippen LogP contribution < -0.4 is 0 Å². The Morgan fingerprint density at radius 1 is 1.32 bits per heavy atom. The van der Waals surface area contributed by atoms with Gasteiger partial charge < -0.3 is 10.0 Å². The highest BCUT2D eigenvalue weighted by Gasteiger charge is 2.21. The Kier molecular flexibility index (Phi) is 5.55. The molecule has 1 aromatic carbocycles. The molecule has 0 radical (unpaired) electrons. The van der Waals surface area contributed by atoms with Crippen molar-refractivity contribution in [1.82, 2.24) is 4.90 Å². The van der Waals surface area contributed by atoms with Gasteiger partial charge in [0, 0.05) is 25.1 Å². The van der Waals surface area contributed by atoms with E-state index in [4.69, 9.17) is 5.11 Å². The van der Waals surface area contributed by atoms with Crippen molar-refractivity contribution >= 4 is 5.78 Å². The van der Waals surface area contributed by atoms with E-state index < -0.39 is 0 Å². The minimum atomic E-state index is 0.242. The van der Waals surface area contributed by atoms with Gasteiger partial charge in [-0.3, -0.25) is 4.79 Å². The van der Waals surface area contributed by atoms with E-state index in [0.717, 1.165) is 38.0 Å². The summed E-state index contributed by atoms with van der Waals surface area (Å²) in [5.41, 5.74) is 0.821.